The molecule has 3 amide bonds. The van der Waals surface area contributed by atoms with Gasteiger partial charge in [-0.3, -0.25) is 10.1 Å². The van der Waals surface area contributed by atoms with Crippen LogP contribution in [-0.2, 0) is 4.79 Å². The highest BCUT2D eigenvalue weighted by molar-refractivity contribution is 8.00. The summed E-state index contributed by atoms with van der Waals surface area (Å²) in [5.74, 6) is 5.14. The molecule has 8 nitrogen and oxygen atoms in total. The van der Waals surface area contributed by atoms with Gasteiger partial charge in [-0.2, -0.15) is 0 Å². The Balaban J connectivity index is 1.91. The molecule has 0 radical (unpaired) electrons. The molecule has 0 aliphatic carbocycles. The molecule has 0 saturated carbocycles. The molecule has 0 bridgehead atoms. The van der Waals surface area contributed by atoms with Crippen molar-refractivity contribution < 1.29 is 9.59 Å². The summed E-state index contributed by atoms with van der Waals surface area (Å²) in [5, 5.41) is 12.2. The first-order valence-electron chi connectivity index (χ1n) is 6.87. The summed E-state index contributed by atoms with van der Waals surface area (Å²) >= 11 is 1.11. The molecular weight excluding hydrogens is 316 g/mol. The van der Waals surface area contributed by atoms with Crippen molar-refractivity contribution in [3.05, 3.63) is 35.7 Å². The molecule has 1 aromatic carbocycles. The zero-order chi connectivity index (χ0) is 17.0. The maximum absolute atomic E-state index is 12.0. The third kappa shape index (κ3) is 4.46. The number of imide groups is 1. The molecule has 0 saturated heterocycles. The van der Waals surface area contributed by atoms with Gasteiger partial charge in [0.15, 0.2) is 0 Å². The van der Waals surface area contributed by atoms with Crippen LogP contribution in [0.3, 0.4) is 0 Å². The van der Waals surface area contributed by atoms with Crippen molar-refractivity contribution in [2.45, 2.75) is 31.2 Å². The number of anilines is 1. The molecule has 122 valence electrons. The second-order valence-corrected chi connectivity index (χ2v) is 6.35. The number of nitrogens with one attached hydrogen (secondary N) is 2. The van der Waals surface area contributed by atoms with E-state index in [0.29, 0.717) is 10.8 Å². The highest BCUT2D eigenvalue weighted by Crippen LogP contribution is 2.19. The number of aromatic nitrogens is 3. The number of amides is 3. The molecule has 23 heavy (non-hydrogen) atoms. The first-order chi connectivity index (χ1) is 10.9. The van der Waals surface area contributed by atoms with Crippen LogP contribution in [0.25, 0.3) is 0 Å². The lowest BCUT2D eigenvalue weighted by Crippen LogP contribution is -2.39. The van der Waals surface area contributed by atoms with E-state index in [4.69, 9.17) is 5.84 Å². The molecule has 4 N–H and O–H groups in total. The summed E-state index contributed by atoms with van der Waals surface area (Å²) in [7, 11) is 0. The van der Waals surface area contributed by atoms with Crippen LogP contribution in [0.1, 0.15) is 18.1 Å². The van der Waals surface area contributed by atoms with Crippen LogP contribution in [0, 0.1) is 13.8 Å². The van der Waals surface area contributed by atoms with E-state index in [-0.39, 0.29) is 0 Å². The molecule has 0 fully saturated rings. The Bertz CT molecular complexity index is 730. The molecule has 2 aromatic rings. The molecule has 9 heteroatoms. The molecule has 1 aromatic heterocycles. The van der Waals surface area contributed by atoms with Gasteiger partial charge in [-0.1, -0.05) is 29.5 Å². The van der Waals surface area contributed by atoms with Crippen molar-refractivity contribution >= 4 is 29.4 Å². The summed E-state index contributed by atoms with van der Waals surface area (Å²) in [5.41, 5.74) is 2.68. The number of nitrogen functional groups attached to an aromatic ring is 1. The summed E-state index contributed by atoms with van der Waals surface area (Å²) in [6, 6.07) is 5.05. The van der Waals surface area contributed by atoms with Gasteiger partial charge in [0.2, 0.25) is 11.1 Å². The second kappa shape index (κ2) is 7.14. The fourth-order valence-corrected chi connectivity index (χ4v) is 2.59. The van der Waals surface area contributed by atoms with Gasteiger partial charge in [0.05, 0.1) is 5.25 Å². The Hall–Kier alpha value is -2.55. The average Bonchev–Trinajstić information content (AvgIpc) is 2.87. The number of nitrogens with two attached hydrogens (primary N) is 1. The van der Waals surface area contributed by atoms with Gasteiger partial charge in [-0.25, -0.2) is 9.47 Å². The predicted molar refractivity (Wildman–Crippen MR) is 88.6 cm³/mol. The number of nitrogens with zero attached hydrogens (tertiary/aromatic N) is 3. The monoisotopic (exact) mass is 334 g/mol. The van der Waals surface area contributed by atoms with Gasteiger partial charge < -0.3 is 11.2 Å². The number of urea groups is 1. The minimum absolute atomic E-state index is 0.391. The molecule has 0 unspecified atom stereocenters. The van der Waals surface area contributed by atoms with Gasteiger partial charge in [0.25, 0.3) is 0 Å². The van der Waals surface area contributed by atoms with Gasteiger partial charge in [-0.15, -0.1) is 10.2 Å². The predicted octanol–water partition coefficient (Wildman–Crippen LogP) is 1.44. The van der Waals surface area contributed by atoms with Crippen LogP contribution in [0.4, 0.5) is 10.5 Å². The van der Waals surface area contributed by atoms with E-state index < -0.39 is 17.2 Å². The van der Waals surface area contributed by atoms with Crippen LogP contribution in [0.5, 0.6) is 0 Å². The van der Waals surface area contributed by atoms with E-state index in [2.05, 4.69) is 20.8 Å². The standard InChI is InChI=1S/C14H18N6O2S/c1-8-4-5-11(9(2)6-8)17-13(22)18-12(21)10(3)23-14-19-16-7-20(14)15/h4-7,10H,15H2,1-3H3,(H2,17,18,21,22)/t10-/m0/s1. The molecule has 0 aliphatic rings. The maximum Gasteiger partial charge on any atom is 0.325 e. The van der Waals surface area contributed by atoms with Crippen LogP contribution in [-0.4, -0.2) is 32.1 Å². The Labute approximate surface area is 137 Å². The van der Waals surface area contributed by atoms with Crippen molar-refractivity contribution in [1.29, 1.82) is 0 Å². The van der Waals surface area contributed by atoms with Crippen LogP contribution >= 0.6 is 11.8 Å². The summed E-state index contributed by atoms with van der Waals surface area (Å²) < 4.78 is 1.21. The molecule has 0 spiro atoms. The second-order valence-electron chi connectivity index (χ2n) is 5.04. The third-order valence-electron chi connectivity index (χ3n) is 3.06. The number of hydrogen-bond donors (Lipinski definition) is 3. The van der Waals surface area contributed by atoms with Crippen molar-refractivity contribution in [2.24, 2.45) is 0 Å². The Morgan fingerprint density at radius 2 is 2.09 bits per heavy atom. The average molecular weight is 334 g/mol. The first kappa shape index (κ1) is 16.8. The van der Waals surface area contributed by atoms with Crippen molar-refractivity contribution in [3.8, 4) is 0 Å². The maximum atomic E-state index is 12.0. The number of carbonyl (C=O) groups is 2. The lowest BCUT2D eigenvalue weighted by Gasteiger charge is -2.12. The van der Waals surface area contributed by atoms with Crippen molar-refractivity contribution in [2.75, 3.05) is 11.2 Å². The SMILES string of the molecule is Cc1ccc(NC(=O)NC(=O)[C@H](C)Sc2nncn2N)c(C)c1. The van der Waals surface area contributed by atoms with Crippen molar-refractivity contribution in [3.63, 3.8) is 0 Å². The van der Waals surface area contributed by atoms with Crippen LogP contribution in [0.2, 0.25) is 0 Å². The molecule has 0 aliphatic heterocycles. The molecule has 1 atom stereocenters. The summed E-state index contributed by atoms with van der Waals surface area (Å²) in [4.78, 5) is 24.0. The van der Waals surface area contributed by atoms with E-state index >= 15 is 0 Å². The minimum atomic E-state index is -0.580. The highest BCUT2D eigenvalue weighted by Gasteiger charge is 2.19. The third-order valence-corrected chi connectivity index (χ3v) is 4.13. The number of thioether (sulfide) groups is 1. The Morgan fingerprint density at radius 3 is 2.70 bits per heavy atom. The molecule has 1 heterocycles. The lowest BCUT2D eigenvalue weighted by atomic mass is 10.1. The van der Waals surface area contributed by atoms with E-state index in [1.165, 1.54) is 11.0 Å². The zero-order valence-corrected chi connectivity index (χ0v) is 13.8. The molecular formula is C14H18N6O2S. The van der Waals surface area contributed by atoms with Gasteiger partial charge in [0, 0.05) is 5.69 Å². The first-order valence-corrected chi connectivity index (χ1v) is 7.75. The highest BCUT2D eigenvalue weighted by atomic mass is 32.2. The summed E-state index contributed by atoms with van der Waals surface area (Å²) in [6.45, 7) is 5.51. The topological polar surface area (TPSA) is 115 Å². The quantitative estimate of drug-likeness (QED) is 0.576. The minimum Gasteiger partial charge on any atom is -0.336 e. The lowest BCUT2D eigenvalue weighted by molar-refractivity contribution is -0.119. The number of rotatable bonds is 4. The Morgan fingerprint density at radius 1 is 1.35 bits per heavy atom. The fraction of sp³-hybridized carbons (Fsp3) is 0.286. The van der Waals surface area contributed by atoms with E-state index in [1.807, 2.05) is 26.0 Å². The smallest absolute Gasteiger partial charge is 0.325 e. The number of benzene rings is 1. The zero-order valence-electron chi connectivity index (χ0n) is 13.0. The number of carbonyl (C=O) groups excluding carboxylic acids is 2. The van der Waals surface area contributed by atoms with Gasteiger partial charge >= 0.3 is 6.03 Å². The Kier molecular flexibility index (Phi) is 5.22. The van der Waals surface area contributed by atoms with Crippen LogP contribution in [0.15, 0.2) is 29.7 Å². The number of aryl methyl sites for hydroxylation is 2. The fourth-order valence-electron chi connectivity index (χ4n) is 1.85. The van der Waals surface area contributed by atoms with E-state index in [1.54, 1.807) is 13.0 Å². The normalized spacial score (nSPS) is 11.8. The van der Waals surface area contributed by atoms with Crippen molar-refractivity contribution in [1.82, 2.24) is 20.2 Å². The van der Waals surface area contributed by atoms with Crippen LogP contribution < -0.4 is 16.5 Å². The summed E-state index contributed by atoms with van der Waals surface area (Å²) in [6.07, 6.45) is 1.33. The number of hydrogen-bond acceptors (Lipinski definition) is 6. The van der Waals surface area contributed by atoms with Gasteiger partial charge in [-0.05, 0) is 32.4 Å². The molecule has 2 rings (SSSR count). The van der Waals surface area contributed by atoms with Gasteiger partial charge in [0.1, 0.15) is 6.33 Å². The van der Waals surface area contributed by atoms with E-state index in [9.17, 15) is 9.59 Å². The van der Waals surface area contributed by atoms with E-state index in [0.717, 1.165) is 22.9 Å². The largest absolute Gasteiger partial charge is 0.336 e.